The van der Waals surface area contributed by atoms with E-state index < -0.39 is 10.0 Å². The fourth-order valence-corrected chi connectivity index (χ4v) is 4.83. The van der Waals surface area contributed by atoms with Crippen molar-refractivity contribution in [2.45, 2.75) is 23.8 Å². The van der Waals surface area contributed by atoms with Crippen LogP contribution in [-0.2, 0) is 10.0 Å². The van der Waals surface area contributed by atoms with Gasteiger partial charge in [0.25, 0.3) is 0 Å². The molecule has 0 bridgehead atoms. The van der Waals surface area contributed by atoms with Gasteiger partial charge in [-0.15, -0.1) is 0 Å². The molecule has 0 radical (unpaired) electrons. The molecule has 1 aliphatic heterocycles. The lowest BCUT2D eigenvalue weighted by Crippen LogP contribution is -2.46. The third kappa shape index (κ3) is 4.16. The van der Waals surface area contributed by atoms with Crippen LogP contribution in [0.5, 0.6) is 11.5 Å². The van der Waals surface area contributed by atoms with E-state index in [0.717, 1.165) is 0 Å². The fraction of sp³-hybridized carbons (Fsp3) is 0.444. The minimum Gasteiger partial charge on any atom is -0.493 e. The van der Waals surface area contributed by atoms with Crippen LogP contribution in [0.3, 0.4) is 0 Å². The molecular weight excluding hydrogens is 404 g/mol. The van der Waals surface area contributed by atoms with E-state index in [-0.39, 0.29) is 10.9 Å². The van der Waals surface area contributed by atoms with Gasteiger partial charge < -0.3 is 14.4 Å². The molecule has 152 valence electrons. The van der Waals surface area contributed by atoms with Crippen LogP contribution >= 0.6 is 11.6 Å². The van der Waals surface area contributed by atoms with E-state index in [0.29, 0.717) is 48.4 Å². The molecule has 10 heteroatoms. The molecule has 2 heterocycles. The summed E-state index contributed by atoms with van der Waals surface area (Å²) in [5.41, 5.74) is 0. The van der Waals surface area contributed by atoms with Gasteiger partial charge in [-0.2, -0.15) is 4.31 Å². The van der Waals surface area contributed by atoms with Gasteiger partial charge in [-0.1, -0.05) is 11.6 Å². The average Bonchev–Trinajstić information content (AvgIpc) is 2.73. The van der Waals surface area contributed by atoms with E-state index in [1.165, 1.54) is 30.7 Å². The van der Waals surface area contributed by atoms with E-state index in [4.69, 9.17) is 21.1 Å². The first-order valence-electron chi connectivity index (χ1n) is 8.79. The monoisotopic (exact) mass is 426 g/mol. The minimum atomic E-state index is -3.61. The summed E-state index contributed by atoms with van der Waals surface area (Å²) in [5.74, 6) is 1.45. The second-order valence-corrected chi connectivity index (χ2v) is 8.84. The van der Waals surface area contributed by atoms with Crippen molar-refractivity contribution in [1.29, 1.82) is 0 Å². The summed E-state index contributed by atoms with van der Waals surface area (Å²) in [4.78, 5) is 10.6. The maximum Gasteiger partial charge on any atom is 0.243 e. The number of ether oxygens (including phenoxy) is 2. The minimum absolute atomic E-state index is 0.151. The molecule has 28 heavy (non-hydrogen) atoms. The Morgan fingerprint density at radius 2 is 1.71 bits per heavy atom. The third-order valence-corrected chi connectivity index (χ3v) is 6.98. The lowest BCUT2D eigenvalue weighted by Gasteiger charge is -2.36. The number of methoxy groups -OCH3 is 2. The Morgan fingerprint density at radius 1 is 1.11 bits per heavy atom. The van der Waals surface area contributed by atoms with Gasteiger partial charge in [0, 0.05) is 32.2 Å². The van der Waals surface area contributed by atoms with Crippen LogP contribution in [-0.4, -0.2) is 63.1 Å². The predicted octanol–water partition coefficient (Wildman–Crippen LogP) is 2.44. The second-order valence-electron chi connectivity index (χ2n) is 6.46. The molecule has 3 rings (SSSR count). The summed E-state index contributed by atoms with van der Waals surface area (Å²) in [6.45, 7) is 0.832. The molecule has 0 unspecified atom stereocenters. The molecule has 1 aromatic carbocycles. The quantitative estimate of drug-likeness (QED) is 0.701. The second kappa shape index (κ2) is 8.50. The van der Waals surface area contributed by atoms with E-state index in [1.54, 1.807) is 18.5 Å². The molecule has 0 aliphatic carbocycles. The molecule has 0 spiro atoms. The molecular formula is C18H23ClN4O4S. The van der Waals surface area contributed by atoms with E-state index >= 15 is 0 Å². The van der Waals surface area contributed by atoms with Crippen LogP contribution in [0.2, 0.25) is 5.02 Å². The summed E-state index contributed by atoms with van der Waals surface area (Å²) >= 11 is 5.84. The molecule has 0 N–H and O–H groups in total. The normalized spacial score (nSPS) is 16.0. The number of halogens is 1. The van der Waals surface area contributed by atoms with E-state index in [2.05, 4.69) is 9.97 Å². The van der Waals surface area contributed by atoms with E-state index in [1.807, 2.05) is 11.9 Å². The third-order valence-electron chi connectivity index (χ3n) is 4.89. The Labute approximate surface area is 170 Å². The SMILES string of the molecule is COc1ccc(S(=O)(=O)N2CCC(N(C)c3ncc(Cl)cn3)CC2)cc1OC. The first kappa shape index (κ1) is 20.6. The zero-order chi connectivity index (χ0) is 20.3. The molecule has 1 saturated heterocycles. The Morgan fingerprint density at radius 3 is 2.29 bits per heavy atom. The highest BCUT2D eigenvalue weighted by Crippen LogP contribution is 2.32. The largest absolute Gasteiger partial charge is 0.493 e. The summed E-state index contributed by atoms with van der Waals surface area (Å²) in [7, 11) is 1.29. The van der Waals surface area contributed by atoms with Gasteiger partial charge in [0.2, 0.25) is 16.0 Å². The van der Waals surface area contributed by atoms with Crippen molar-refractivity contribution in [3.05, 3.63) is 35.6 Å². The maximum atomic E-state index is 13.0. The Kier molecular flexibility index (Phi) is 6.26. The molecule has 2 aromatic rings. The van der Waals surface area contributed by atoms with Gasteiger partial charge in [0.05, 0.1) is 36.5 Å². The number of hydrogen-bond donors (Lipinski definition) is 0. The maximum absolute atomic E-state index is 13.0. The number of nitrogens with zero attached hydrogens (tertiary/aromatic N) is 4. The molecule has 1 fully saturated rings. The lowest BCUT2D eigenvalue weighted by molar-refractivity contribution is 0.313. The van der Waals surface area contributed by atoms with Crippen molar-refractivity contribution in [3.8, 4) is 11.5 Å². The highest BCUT2D eigenvalue weighted by Gasteiger charge is 2.32. The van der Waals surface area contributed by atoms with Crippen LogP contribution < -0.4 is 14.4 Å². The number of rotatable bonds is 6. The van der Waals surface area contributed by atoms with Crippen LogP contribution in [0.1, 0.15) is 12.8 Å². The Bertz CT molecular complexity index is 916. The van der Waals surface area contributed by atoms with Gasteiger partial charge in [-0.25, -0.2) is 18.4 Å². The zero-order valence-corrected chi connectivity index (χ0v) is 17.6. The summed E-state index contributed by atoms with van der Waals surface area (Å²) in [5, 5.41) is 0.480. The van der Waals surface area contributed by atoms with Gasteiger partial charge in [0.15, 0.2) is 11.5 Å². The van der Waals surface area contributed by atoms with Gasteiger partial charge >= 0.3 is 0 Å². The van der Waals surface area contributed by atoms with Crippen LogP contribution in [0.25, 0.3) is 0 Å². The van der Waals surface area contributed by atoms with Crippen molar-refractivity contribution in [2.24, 2.45) is 0 Å². The summed E-state index contributed by atoms with van der Waals surface area (Å²) in [6.07, 6.45) is 4.46. The highest BCUT2D eigenvalue weighted by molar-refractivity contribution is 7.89. The molecule has 1 aromatic heterocycles. The molecule has 8 nitrogen and oxygen atoms in total. The molecule has 1 aliphatic rings. The zero-order valence-electron chi connectivity index (χ0n) is 16.0. The number of piperidine rings is 1. The number of sulfonamides is 1. The molecule has 0 atom stereocenters. The Balaban J connectivity index is 1.70. The first-order valence-corrected chi connectivity index (χ1v) is 10.6. The van der Waals surface area contributed by atoms with Crippen molar-refractivity contribution >= 4 is 27.6 Å². The van der Waals surface area contributed by atoms with Crippen LogP contribution in [0.4, 0.5) is 5.95 Å². The number of anilines is 1. The standard InChI is InChI=1S/C18H23ClN4O4S/c1-22(18-20-11-13(19)12-21-18)14-6-8-23(9-7-14)28(24,25)15-4-5-16(26-2)17(10-15)27-3/h4-5,10-12,14H,6-9H2,1-3H3. The first-order chi connectivity index (χ1) is 13.4. The van der Waals surface area contributed by atoms with Crippen molar-refractivity contribution < 1.29 is 17.9 Å². The van der Waals surface area contributed by atoms with Crippen molar-refractivity contribution in [1.82, 2.24) is 14.3 Å². The van der Waals surface area contributed by atoms with Gasteiger partial charge in [0.1, 0.15) is 0 Å². The van der Waals surface area contributed by atoms with Crippen molar-refractivity contribution in [2.75, 3.05) is 39.3 Å². The number of aromatic nitrogens is 2. The molecule has 0 saturated carbocycles. The van der Waals surface area contributed by atoms with Crippen molar-refractivity contribution in [3.63, 3.8) is 0 Å². The summed E-state index contributed by atoms with van der Waals surface area (Å²) < 4.78 is 37.9. The van der Waals surface area contributed by atoms with Crippen LogP contribution in [0, 0.1) is 0 Å². The average molecular weight is 427 g/mol. The smallest absolute Gasteiger partial charge is 0.243 e. The van der Waals surface area contributed by atoms with Gasteiger partial charge in [-0.05, 0) is 25.0 Å². The molecule has 0 amide bonds. The van der Waals surface area contributed by atoms with Gasteiger partial charge in [-0.3, -0.25) is 0 Å². The number of hydrogen-bond acceptors (Lipinski definition) is 7. The Hall–Kier alpha value is -2.10. The van der Waals surface area contributed by atoms with Crippen LogP contribution in [0.15, 0.2) is 35.5 Å². The predicted molar refractivity (Wildman–Crippen MR) is 107 cm³/mol. The van der Waals surface area contributed by atoms with E-state index in [9.17, 15) is 8.42 Å². The lowest BCUT2D eigenvalue weighted by atomic mass is 10.1. The fourth-order valence-electron chi connectivity index (χ4n) is 3.25. The summed E-state index contributed by atoms with van der Waals surface area (Å²) in [6, 6.07) is 4.78. The number of benzene rings is 1. The topological polar surface area (TPSA) is 84.9 Å². The highest BCUT2D eigenvalue weighted by atomic mass is 35.5.